The number of hydrogen-bond acceptors (Lipinski definition) is 3. The molecule has 0 amide bonds. The van der Waals surface area contributed by atoms with Crippen LogP contribution >= 0.6 is 35.7 Å². The van der Waals surface area contributed by atoms with Crippen LogP contribution in [-0.2, 0) is 4.74 Å². The van der Waals surface area contributed by atoms with Crippen molar-refractivity contribution in [2.24, 2.45) is 4.99 Å². The molecular weight excluding hydrogens is 361 g/mol. The largest absolute Gasteiger partial charge is 0.382 e. The number of rotatable bonds is 9. The summed E-state index contributed by atoms with van der Waals surface area (Å²) in [7, 11) is 0. The highest BCUT2D eigenvalue weighted by Gasteiger charge is 2.00. The maximum Gasteiger partial charge on any atom is 0.191 e. The summed E-state index contributed by atoms with van der Waals surface area (Å²) in [6, 6.07) is 0. The molecule has 0 saturated heterocycles. The van der Waals surface area contributed by atoms with E-state index in [4.69, 9.17) is 4.74 Å². The average Bonchev–Trinajstić information content (AvgIpc) is 2.35. The highest BCUT2D eigenvalue weighted by Crippen LogP contribution is 2.04. The van der Waals surface area contributed by atoms with E-state index in [1.165, 1.54) is 0 Å². The number of thioether (sulfide) groups is 1. The number of aliphatic imine (C=N–C) groups is 1. The summed E-state index contributed by atoms with van der Waals surface area (Å²) < 4.78 is 5.29. The molecule has 1 atom stereocenters. The second kappa shape index (κ2) is 15.4. The van der Waals surface area contributed by atoms with Gasteiger partial charge in [-0.3, -0.25) is 4.99 Å². The van der Waals surface area contributed by atoms with Gasteiger partial charge in [-0.25, -0.2) is 0 Å². The lowest BCUT2D eigenvalue weighted by atomic mass is 10.4. The number of halogens is 1. The summed E-state index contributed by atoms with van der Waals surface area (Å²) in [4.78, 5) is 4.53. The molecule has 0 aliphatic carbocycles. The topological polar surface area (TPSA) is 45.7 Å². The molecule has 0 aliphatic heterocycles. The third-order valence-corrected chi connectivity index (χ3v) is 3.17. The van der Waals surface area contributed by atoms with Gasteiger partial charge >= 0.3 is 0 Å². The van der Waals surface area contributed by atoms with Gasteiger partial charge in [0.05, 0.1) is 6.54 Å². The molecule has 0 heterocycles. The van der Waals surface area contributed by atoms with Crippen LogP contribution in [0.1, 0.15) is 27.2 Å². The van der Waals surface area contributed by atoms with E-state index >= 15 is 0 Å². The summed E-state index contributed by atoms with van der Waals surface area (Å²) in [6.45, 7) is 10.5. The monoisotopic (exact) mass is 389 g/mol. The first-order valence-electron chi connectivity index (χ1n) is 6.37. The third-order valence-electron chi connectivity index (χ3n) is 2.22. The Morgan fingerprint density at radius 2 is 2.06 bits per heavy atom. The molecule has 0 aromatic carbocycles. The number of guanidine groups is 1. The van der Waals surface area contributed by atoms with E-state index in [9.17, 15) is 0 Å². The Morgan fingerprint density at radius 1 is 1.33 bits per heavy atom. The van der Waals surface area contributed by atoms with Crippen molar-refractivity contribution < 1.29 is 4.74 Å². The fourth-order valence-electron chi connectivity index (χ4n) is 1.16. The Kier molecular flexibility index (Phi) is 17.6. The molecule has 0 fully saturated rings. The van der Waals surface area contributed by atoms with Gasteiger partial charge in [0.1, 0.15) is 0 Å². The molecule has 0 spiro atoms. The summed E-state index contributed by atoms with van der Waals surface area (Å²) in [5, 5.41) is 7.11. The lowest BCUT2D eigenvalue weighted by molar-refractivity contribution is 0.145. The van der Waals surface area contributed by atoms with Crippen molar-refractivity contribution in [3.05, 3.63) is 0 Å². The molecule has 0 rings (SSSR count). The molecule has 0 aromatic heterocycles. The van der Waals surface area contributed by atoms with E-state index < -0.39 is 0 Å². The first kappa shape index (κ1) is 20.6. The van der Waals surface area contributed by atoms with E-state index in [1.54, 1.807) is 0 Å². The lowest BCUT2D eigenvalue weighted by Crippen LogP contribution is -2.38. The van der Waals surface area contributed by atoms with Crippen molar-refractivity contribution >= 4 is 41.7 Å². The number of nitrogens with one attached hydrogen (secondary N) is 2. The second-order valence-electron chi connectivity index (χ2n) is 3.74. The van der Waals surface area contributed by atoms with Gasteiger partial charge in [-0.15, -0.1) is 24.0 Å². The molecule has 0 aliphatic rings. The van der Waals surface area contributed by atoms with E-state index in [-0.39, 0.29) is 24.0 Å². The summed E-state index contributed by atoms with van der Waals surface area (Å²) in [5.74, 6) is 0.907. The van der Waals surface area contributed by atoms with Gasteiger partial charge in [-0.05, 0) is 26.5 Å². The minimum atomic E-state index is 0. The van der Waals surface area contributed by atoms with Crippen LogP contribution in [-0.4, -0.2) is 50.3 Å². The average molecular weight is 389 g/mol. The van der Waals surface area contributed by atoms with Crippen molar-refractivity contribution in [1.29, 1.82) is 0 Å². The van der Waals surface area contributed by atoms with E-state index in [1.807, 2.05) is 18.7 Å². The van der Waals surface area contributed by atoms with E-state index in [0.717, 1.165) is 45.2 Å². The number of ether oxygens (including phenoxy) is 1. The van der Waals surface area contributed by atoms with E-state index in [2.05, 4.69) is 35.7 Å². The second-order valence-corrected chi connectivity index (χ2v) is 5.02. The predicted octanol–water partition coefficient (Wildman–Crippen LogP) is 2.34. The molecule has 0 aromatic rings. The molecule has 1 unspecified atom stereocenters. The highest BCUT2D eigenvalue weighted by molar-refractivity contribution is 14.0. The van der Waals surface area contributed by atoms with Gasteiger partial charge in [0.15, 0.2) is 5.96 Å². The minimum Gasteiger partial charge on any atom is -0.382 e. The quantitative estimate of drug-likeness (QED) is 0.275. The minimum absolute atomic E-state index is 0. The fourth-order valence-corrected chi connectivity index (χ4v) is 1.39. The van der Waals surface area contributed by atoms with Crippen LogP contribution in [0, 0.1) is 0 Å². The zero-order valence-electron chi connectivity index (χ0n) is 12.0. The van der Waals surface area contributed by atoms with Crippen molar-refractivity contribution in [2.75, 3.05) is 39.1 Å². The zero-order chi connectivity index (χ0) is 12.9. The molecule has 4 nitrogen and oxygen atoms in total. The fraction of sp³-hybridized carbons (Fsp3) is 0.917. The standard InChI is InChI=1S/C12H27N3OS.HI/c1-5-13-12(15-10-11(3)17-4)14-8-7-9-16-6-2;/h11H,5-10H2,1-4H3,(H2,13,14,15);1H. The molecule has 0 bridgehead atoms. The SMILES string of the molecule is CCNC(=NCC(C)SC)NCCCOCC.I. The van der Waals surface area contributed by atoms with Crippen LogP contribution in [0.25, 0.3) is 0 Å². The predicted molar refractivity (Wildman–Crippen MR) is 93.5 cm³/mol. The number of nitrogens with zero attached hydrogens (tertiary/aromatic N) is 1. The first-order valence-corrected chi connectivity index (χ1v) is 7.66. The molecule has 110 valence electrons. The van der Waals surface area contributed by atoms with Gasteiger partial charge < -0.3 is 15.4 Å². The Morgan fingerprint density at radius 3 is 2.61 bits per heavy atom. The van der Waals surface area contributed by atoms with Crippen molar-refractivity contribution in [3.63, 3.8) is 0 Å². The summed E-state index contributed by atoms with van der Waals surface area (Å²) >= 11 is 1.84. The molecule has 18 heavy (non-hydrogen) atoms. The Bertz CT molecular complexity index is 206. The molecule has 6 heteroatoms. The van der Waals surface area contributed by atoms with Gasteiger partial charge in [0, 0.05) is 31.6 Å². The number of hydrogen-bond donors (Lipinski definition) is 2. The van der Waals surface area contributed by atoms with Crippen molar-refractivity contribution in [3.8, 4) is 0 Å². The van der Waals surface area contributed by atoms with Crippen molar-refractivity contribution in [2.45, 2.75) is 32.4 Å². The van der Waals surface area contributed by atoms with Crippen LogP contribution in [0.15, 0.2) is 4.99 Å². The van der Waals surface area contributed by atoms with Crippen LogP contribution in [0.3, 0.4) is 0 Å². The lowest BCUT2D eigenvalue weighted by Gasteiger charge is -2.12. The van der Waals surface area contributed by atoms with E-state index in [0.29, 0.717) is 5.25 Å². The molecular formula is C12H28IN3OS. The Balaban J connectivity index is 0. The van der Waals surface area contributed by atoms with Gasteiger partial charge in [0.2, 0.25) is 0 Å². The maximum atomic E-state index is 5.29. The molecule has 0 radical (unpaired) electrons. The molecule has 2 N–H and O–H groups in total. The van der Waals surface area contributed by atoms with Crippen LogP contribution < -0.4 is 10.6 Å². The smallest absolute Gasteiger partial charge is 0.191 e. The normalized spacial score (nSPS) is 12.8. The highest BCUT2D eigenvalue weighted by atomic mass is 127. The maximum absolute atomic E-state index is 5.29. The van der Waals surface area contributed by atoms with Gasteiger partial charge in [-0.2, -0.15) is 11.8 Å². The van der Waals surface area contributed by atoms with Crippen LogP contribution in [0.2, 0.25) is 0 Å². The Labute approximate surface area is 133 Å². The summed E-state index contributed by atoms with van der Waals surface area (Å²) in [6.07, 6.45) is 3.12. The van der Waals surface area contributed by atoms with Gasteiger partial charge in [-0.1, -0.05) is 6.92 Å². The molecule has 0 saturated carbocycles. The van der Waals surface area contributed by atoms with Crippen molar-refractivity contribution in [1.82, 2.24) is 10.6 Å². The zero-order valence-corrected chi connectivity index (χ0v) is 15.1. The van der Waals surface area contributed by atoms with Gasteiger partial charge in [0.25, 0.3) is 0 Å². The first-order chi connectivity index (χ1) is 8.24. The Hall–Kier alpha value is 0.310. The van der Waals surface area contributed by atoms with Crippen LogP contribution in [0.5, 0.6) is 0 Å². The summed E-state index contributed by atoms with van der Waals surface area (Å²) in [5.41, 5.74) is 0. The van der Waals surface area contributed by atoms with Crippen LogP contribution in [0.4, 0.5) is 0 Å². The third kappa shape index (κ3) is 12.8.